The number of esters is 1. The molecule has 0 radical (unpaired) electrons. The third-order valence-corrected chi connectivity index (χ3v) is 5.67. The molecule has 0 fully saturated rings. The second-order valence-electron chi connectivity index (χ2n) is 8.62. The molecule has 0 aliphatic rings. The molecule has 0 aliphatic heterocycles. The molecule has 0 heterocycles. The lowest BCUT2D eigenvalue weighted by atomic mass is 9.97. The molecular formula is C27H48O4. The molecule has 4 heteroatoms. The molecule has 0 aliphatic carbocycles. The Kier molecular flexibility index (Phi) is 21.9. The Hall–Kier alpha value is -1.58. The van der Waals surface area contributed by atoms with Crippen LogP contribution in [0.15, 0.2) is 24.8 Å². The molecule has 0 amide bonds. The third kappa shape index (κ3) is 21.4. The Labute approximate surface area is 191 Å². The van der Waals surface area contributed by atoms with E-state index in [0.29, 0.717) is 6.42 Å². The topological polar surface area (TPSA) is 63.6 Å². The largest absolute Gasteiger partial charge is 0.481 e. The van der Waals surface area contributed by atoms with Crippen molar-refractivity contribution < 1.29 is 19.4 Å². The maximum absolute atomic E-state index is 11.9. The van der Waals surface area contributed by atoms with Crippen molar-refractivity contribution in [1.82, 2.24) is 0 Å². The highest BCUT2D eigenvalue weighted by Gasteiger charge is 2.22. The minimum Gasteiger partial charge on any atom is -0.481 e. The standard InChI is InChI=1S/C27H48O4/c1-3-5-6-7-8-9-10-11-12-13-14-15-16-17-18-19-20-21-22-25(24-26(28)29)27(30)31-23-4-2/h4-6,25H,2-3,7-24H2,1H3,(H,28,29)/b6-5+. The lowest BCUT2D eigenvalue weighted by Crippen LogP contribution is -2.21. The van der Waals surface area contributed by atoms with Crippen LogP contribution in [0, 0.1) is 5.92 Å². The molecule has 0 saturated heterocycles. The maximum Gasteiger partial charge on any atom is 0.309 e. The van der Waals surface area contributed by atoms with Crippen molar-refractivity contribution in [3.8, 4) is 0 Å². The molecule has 1 unspecified atom stereocenters. The molecular weight excluding hydrogens is 388 g/mol. The SMILES string of the molecule is C=CCOC(=O)C(CCCCCCCCCCCCCCCC/C=C/CC)CC(=O)O. The van der Waals surface area contributed by atoms with Gasteiger partial charge >= 0.3 is 11.9 Å². The zero-order valence-corrected chi connectivity index (χ0v) is 20.1. The fourth-order valence-corrected chi connectivity index (χ4v) is 3.83. The number of carboxylic acids is 1. The van der Waals surface area contributed by atoms with Crippen LogP contribution in [0.1, 0.15) is 122 Å². The number of carbonyl (C=O) groups excluding carboxylic acids is 1. The molecule has 0 aromatic carbocycles. The van der Waals surface area contributed by atoms with Crippen molar-refractivity contribution in [3.05, 3.63) is 24.8 Å². The van der Waals surface area contributed by atoms with Crippen LogP contribution in [0.5, 0.6) is 0 Å². The molecule has 0 aromatic rings. The zero-order valence-electron chi connectivity index (χ0n) is 20.1. The molecule has 4 nitrogen and oxygen atoms in total. The molecule has 1 atom stereocenters. The molecule has 0 rings (SSSR count). The van der Waals surface area contributed by atoms with Gasteiger partial charge in [-0.15, -0.1) is 0 Å². The van der Waals surface area contributed by atoms with E-state index in [4.69, 9.17) is 9.84 Å². The van der Waals surface area contributed by atoms with E-state index in [1.165, 1.54) is 83.1 Å². The van der Waals surface area contributed by atoms with Gasteiger partial charge in [0.1, 0.15) is 6.61 Å². The predicted octanol–water partition coefficient (Wildman–Crippen LogP) is 8.01. The quantitative estimate of drug-likeness (QED) is 0.100. The summed E-state index contributed by atoms with van der Waals surface area (Å²) in [5, 5.41) is 8.98. The van der Waals surface area contributed by atoms with Crippen LogP contribution in [0.3, 0.4) is 0 Å². The Morgan fingerprint density at radius 3 is 1.74 bits per heavy atom. The molecule has 0 spiro atoms. The number of allylic oxidation sites excluding steroid dienone is 2. The number of aliphatic carboxylic acids is 1. The van der Waals surface area contributed by atoms with E-state index < -0.39 is 17.9 Å². The normalized spacial score (nSPS) is 12.2. The maximum atomic E-state index is 11.9. The summed E-state index contributed by atoms with van der Waals surface area (Å²) in [6.07, 6.45) is 26.8. The number of carbonyl (C=O) groups is 2. The summed E-state index contributed by atoms with van der Waals surface area (Å²) in [6.45, 7) is 5.84. The molecule has 0 bridgehead atoms. The van der Waals surface area contributed by atoms with Gasteiger partial charge < -0.3 is 9.84 Å². The van der Waals surface area contributed by atoms with Crippen molar-refractivity contribution in [2.75, 3.05) is 6.61 Å². The van der Waals surface area contributed by atoms with Gasteiger partial charge in [-0.2, -0.15) is 0 Å². The first-order valence-corrected chi connectivity index (χ1v) is 12.8. The van der Waals surface area contributed by atoms with Gasteiger partial charge in [-0.1, -0.05) is 115 Å². The van der Waals surface area contributed by atoms with Crippen molar-refractivity contribution >= 4 is 11.9 Å². The van der Waals surface area contributed by atoms with E-state index in [1.54, 1.807) is 0 Å². The van der Waals surface area contributed by atoms with Crippen LogP contribution in [-0.2, 0) is 14.3 Å². The highest BCUT2D eigenvalue weighted by atomic mass is 16.5. The average molecular weight is 437 g/mol. The molecule has 0 aromatic heterocycles. The van der Waals surface area contributed by atoms with Crippen molar-refractivity contribution in [1.29, 1.82) is 0 Å². The second-order valence-corrected chi connectivity index (χ2v) is 8.62. The fraction of sp³-hybridized carbons (Fsp3) is 0.778. The second kappa shape index (κ2) is 23.1. The number of hydrogen-bond donors (Lipinski definition) is 1. The van der Waals surface area contributed by atoms with Crippen LogP contribution >= 0.6 is 0 Å². The van der Waals surface area contributed by atoms with Crippen LogP contribution in [0.25, 0.3) is 0 Å². The van der Waals surface area contributed by atoms with E-state index in [2.05, 4.69) is 25.7 Å². The van der Waals surface area contributed by atoms with Gasteiger partial charge in [0.15, 0.2) is 0 Å². The summed E-state index contributed by atoms with van der Waals surface area (Å²) >= 11 is 0. The van der Waals surface area contributed by atoms with Gasteiger partial charge in [-0.25, -0.2) is 0 Å². The number of unbranched alkanes of at least 4 members (excludes halogenated alkanes) is 14. The van der Waals surface area contributed by atoms with E-state index in [-0.39, 0.29) is 13.0 Å². The lowest BCUT2D eigenvalue weighted by Gasteiger charge is -2.13. The van der Waals surface area contributed by atoms with Crippen molar-refractivity contribution in [3.63, 3.8) is 0 Å². The summed E-state index contributed by atoms with van der Waals surface area (Å²) in [7, 11) is 0. The first-order valence-electron chi connectivity index (χ1n) is 12.8. The fourth-order valence-electron chi connectivity index (χ4n) is 3.83. The monoisotopic (exact) mass is 436 g/mol. The number of rotatable bonds is 23. The average Bonchev–Trinajstić information content (AvgIpc) is 2.75. The van der Waals surface area contributed by atoms with Gasteiger partial charge in [0.05, 0.1) is 12.3 Å². The van der Waals surface area contributed by atoms with Gasteiger partial charge in [0.2, 0.25) is 0 Å². The van der Waals surface area contributed by atoms with E-state index in [1.807, 2.05) is 0 Å². The van der Waals surface area contributed by atoms with Crippen molar-refractivity contribution in [2.24, 2.45) is 5.92 Å². The smallest absolute Gasteiger partial charge is 0.309 e. The third-order valence-electron chi connectivity index (χ3n) is 5.67. The number of hydrogen-bond acceptors (Lipinski definition) is 3. The van der Waals surface area contributed by atoms with E-state index >= 15 is 0 Å². The molecule has 31 heavy (non-hydrogen) atoms. The highest BCUT2D eigenvalue weighted by molar-refractivity contribution is 5.79. The van der Waals surface area contributed by atoms with Crippen molar-refractivity contribution in [2.45, 2.75) is 122 Å². The first-order chi connectivity index (χ1) is 15.1. The molecule has 1 N–H and O–H groups in total. The summed E-state index contributed by atoms with van der Waals surface area (Å²) < 4.78 is 5.02. The van der Waals surface area contributed by atoms with Gasteiger partial charge in [-0.3, -0.25) is 9.59 Å². The Morgan fingerprint density at radius 2 is 1.29 bits per heavy atom. The summed E-state index contributed by atoms with van der Waals surface area (Å²) in [4.78, 5) is 22.9. The summed E-state index contributed by atoms with van der Waals surface area (Å²) in [6, 6.07) is 0. The molecule has 0 saturated carbocycles. The number of carboxylic acid groups (broad SMARTS) is 1. The van der Waals surface area contributed by atoms with Crippen LogP contribution in [0.2, 0.25) is 0 Å². The van der Waals surface area contributed by atoms with E-state index in [0.717, 1.165) is 25.7 Å². The van der Waals surface area contributed by atoms with Crippen LogP contribution in [0.4, 0.5) is 0 Å². The lowest BCUT2D eigenvalue weighted by molar-refractivity contribution is -0.152. The Morgan fingerprint density at radius 1 is 0.806 bits per heavy atom. The van der Waals surface area contributed by atoms with Crippen LogP contribution in [-0.4, -0.2) is 23.7 Å². The van der Waals surface area contributed by atoms with Gasteiger partial charge in [0.25, 0.3) is 0 Å². The Bertz CT molecular complexity index is 470. The highest BCUT2D eigenvalue weighted by Crippen LogP contribution is 2.18. The molecule has 180 valence electrons. The first kappa shape index (κ1) is 29.4. The van der Waals surface area contributed by atoms with Gasteiger partial charge in [0, 0.05) is 0 Å². The predicted molar refractivity (Wildman–Crippen MR) is 130 cm³/mol. The van der Waals surface area contributed by atoms with Crippen LogP contribution < -0.4 is 0 Å². The van der Waals surface area contributed by atoms with E-state index in [9.17, 15) is 9.59 Å². The summed E-state index contributed by atoms with van der Waals surface area (Å²) in [5.74, 6) is -1.89. The summed E-state index contributed by atoms with van der Waals surface area (Å²) in [5.41, 5.74) is 0. The minimum atomic E-state index is -0.944. The number of ether oxygens (including phenoxy) is 1. The Balaban J connectivity index is 3.46. The minimum absolute atomic E-state index is 0.145. The zero-order chi connectivity index (χ0) is 23.0. The van der Waals surface area contributed by atoms with Gasteiger partial charge in [-0.05, 0) is 25.7 Å².